The minimum Gasteiger partial charge on any atom is -0.374 e. The SMILES string of the molecule is CCCC[Si](OCC)(OCC)OC(C)C(C)C. The van der Waals surface area contributed by atoms with Gasteiger partial charge in [0.1, 0.15) is 0 Å². The van der Waals surface area contributed by atoms with Gasteiger partial charge >= 0.3 is 8.80 Å². The second kappa shape index (κ2) is 9.08. The number of hydrogen-bond acceptors (Lipinski definition) is 3. The third-order valence-corrected chi connectivity index (χ3v) is 6.02. The minimum atomic E-state index is -2.44. The zero-order chi connectivity index (χ0) is 13.3. The predicted molar refractivity (Wildman–Crippen MR) is 74.1 cm³/mol. The van der Waals surface area contributed by atoms with Crippen molar-refractivity contribution < 1.29 is 13.3 Å². The van der Waals surface area contributed by atoms with Gasteiger partial charge in [-0.2, -0.15) is 0 Å². The van der Waals surface area contributed by atoms with Crippen molar-refractivity contribution in [2.75, 3.05) is 13.2 Å². The molecule has 1 unspecified atom stereocenters. The van der Waals surface area contributed by atoms with Crippen molar-refractivity contribution in [2.24, 2.45) is 5.92 Å². The van der Waals surface area contributed by atoms with E-state index in [4.69, 9.17) is 13.3 Å². The van der Waals surface area contributed by atoms with Crippen molar-refractivity contribution in [3.05, 3.63) is 0 Å². The van der Waals surface area contributed by atoms with Crippen LogP contribution in [0.3, 0.4) is 0 Å². The molecule has 0 fully saturated rings. The van der Waals surface area contributed by atoms with E-state index < -0.39 is 8.80 Å². The van der Waals surface area contributed by atoms with Gasteiger partial charge in [0.05, 0.1) is 0 Å². The monoisotopic (exact) mass is 262 g/mol. The fourth-order valence-corrected chi connectivity index (χ4v) is 4.70. The average molecular weight is 262 g/mol. The van der Waals surface area contributed by atoms with E-state index in [9.17, 15) is 0 Å². The Hall–Kier alpha value is 0.0969. The van der Waals surface area contributed by atoms with E-state index >= 15 is 0 Å². The molecule has 0 aromatic heterocycles. The van der Waals surface area contributed by atoms with Crippen LogP contribution in [0.4, 0.5) is 0 Å². The summed E-state index contributed by atoms with van der Waals surface area (Å²) in [6, 6.07) is 0.933. The minimum absolute atomic E-state index is 0.191. The summed E-state index contributed by atoms with van der Waals surface area (Å²) in [7, 11) is -2.44. The molecule has 104 valence electrons. The van der Waals surface area contributed by atoms with E-state index in [-0.39, 0.29) is 6.10 Å². The molecule has 0 N–H and O–H groups in total. The molecule has 0 heterocycles. The average Bonchev–Trinajstić information content (AvgIpc) is 2.27. The van der Waals surface area contributed by atoms with E-state index in [1.165, 1.54) is 0 Å². The second-order valence-corrected chi connectivity index (χ2v) is 7.40. The van der Waals surface area contributed by atoms with E-state index in [1.807, 2.05) is 13.8 Å². The van der Waals surface area contributed by atoms with Crippen LogP contribution in [-0.2, 0) is 13.3 Å². The largest absolute Gasteiger partial charge is 0.501 e. The van der Waals surface area contributed by atoms with E-state index in [0.29, 0.717) is 19.1 Å². The van der Waals surface area contributed by atoms with E-state index in [1.54, 1.807) is 0 Å². The lowest BCUT2D eigenvalue weighted by Crippen LogP contribution is -2.48. The fraction of sp³-hybridized carbons (Fsp3) is 1.00. The topological polar surface area (TPSA) is 27.7 Å². The molecule has 0 aromatic carbocycles. The summed E-state index contributed by atoms with van der Waals surface area (Å²) in [5.74, 6) is 0.490. The lowest BCUT2D eigenvalue weighted by atomic mass is 10.1. The van der Waals surface area contributed by atoms with Gasteiger partial charge in [0.15, 0.2) is 0 Å². The Bertz CT molecular complexity index is 180. The van der Waals surface area contributed by atoms with Gasteiger partial charge in [0, 0.05) is 25.4 Å². The van der Waals surface area contributed by atoms with Gasteiger partial charge in [-0.1, -0.05) is 27.2 Å². The molecular formula is C13H30O3Si. The van der Waals surface area contributed by atoms with Crippen molar-refractivity contribution in [1.82, 2.24) is 0 Å². The summed E-state index contributed by atoms with van der Waals surface area (Å²) < 4.78 is 18.0. The maximum atomic E-state index is 6.18. The summed E-state index contributed by atoms with van der Waals surface area (Å²) in [5, 5.41) is 0. The normalized spacial score (nSPS) is 14.3. The molecular weight excluding hydrogens is 232 g/mol. The molecule has 0 amide bonds. The summed E-state index contributed by atoms with van der Waals surface area (Å²) in [6.45, 7) is 14.0. The number of hydrogen-bond donors (Lipinski definition) is 0. The van der Waals surface area contributed by atoms with Crippen molar-refractivity contribution in [3.8, 4) is 0 Å². The highest BCUT2D eigenvalue weighted by molar-refractivity contribution is 6.60. The first-order chi connectivity index (χ1) is 8.01. The van der Waals surface area contributed by atoms with Crippen LogP contribution in [0.25, 0.3) is 0 Å². The Morgan fingerprint density at radius 2 is 1.47 bits per heavy atom. The Morgan fingerprint density at radius 3 is 1.82 bits per heavy atom. The quantitative estimate of drug-likeness (QED) is 0.560. The molecule has 0 aromatic rings. The molecule has 17 heavy (non-hydrogen) atoms. The van der Waals surface area contributed by atoms with Crippen LogP contribution in [-0.4, -0.2) is 28.1 Å². The highest BCUT2D eigenvalue weighted by Gasteiger charge is 2.41. The van der Waals surface area contributed by atoms with Gasteiger partial charge in [-0.25, -0.2) is 0 Å². The summed E-state index contributed by atoms with van der Waals surface area (Å²) >= 11 is 0. The fourth-order valence-electron chi connectivity index (χ4n) is 1.57. The first kappa shape index (κ1) is 17.1. The maximum absolute atomic E-state index is 6.18. The third kappa shape index (κ3) is 6.55. The van der Waals surface area contributed by atoms with Crippen LogP contribution in [0.2, 0.25) is 6.04 Å². The molecule has 4 heteroatoms. The van der Waals surface area contributed by atoms with Crippen molar-refractivity contribution in [2.45, 2.75) is 66.5 Å². The molecule has 1 atom stereocenters. The number of unbranched alkanes of at least 4 members (excludes halogenated alkanes) is 1. The Balaban J connectivity index is 4.62. The molecule has 0 rings (SSSR count). The summed E-state index contributed by atoms with van der Waals surface area (Å²) in [4.78, 5) is 0. The Labute approximate surface area is 108 Å². The molecule has 0 saturated heterocycles. The van der Waals surface area contributed by atoms with Crippen LogP contribution >= 0.6 is 0 Å². The van der Waals surface area contributed by atoms with Gasteiger partial charge < -0.3 is 13.3 Å². The molecule has 3 nitrogen and oxygen atoms in total. The van der Waals surface area contributed by atoms with Gasteiger partial charge in [-0.05, 0) is 33.1 Å². The second-order valence-electron chi connectivity index (χ2n) is 4.72. The van der Waals surface area contributed by atoms with Crippen molar-refractivity contribution in [1.29, 1.82) is 0 Å². The van der Waals surface area contributed by atoms with Crippen LogP contribution in [0, 0.1) is 5.92 Å². The predicted octanol–water partition coefficient (Wildman–Crippen LogP) is 3.86. The highest BCUT2D eigenvalue weighted by atomic mass is 28.4. The zero-order valence-corrected chi connectivity index (χ0v) is 13.4. The Morgan fingerprint density at radius 1 is 0.941 bits per heavy atom. The van der Waals surface area contributed by atoms with Crippen LogP contribution in [0.15, 0.2) is 0 Å². The summed E-state index contributed by atoms with van der Waals surface area (Å²) in [6.07, 6.45) is 2.45. The van der Waals surface area contributed by atoms with E-state index in [0.717, 1.165) is 18.9 Å². The zero-order valence-electron chi connectivity index (χ0n) is 12.4. The van der Waals surface area contributed by atoms with Gasteiger partial charge in [0.25, 0.3) is 0 Å². The van der Waals surface area contributed by atoms with Crippen molar-refractivity contribution >= 4 is 8.80 Å². The molecule has 0 spiro atoms. The van der Waals surface area contributed by atoms with Crippen LogP contribution < -0.4 is 0 Å². The molecule has 0 bridgehead atoms. The first-order valence-electron chi connectivity index (χ1n) is 6.97. The summed E-state index contributed by atoms with van der Waals surface area (Å²) in [5.41, 5.74) is 0. The van der Waals surface area contributed by atoms with Gasteiger partial charge in [-0.3, -0.25) is 0 Å². The Kier molecular flexibility index (Phi) is 9.14. The standard InChI is InChI=1S/C13H30O3Si/c1-7-10-11-17(14-8-2,15-9-3)16-13(6)12(4)5/h12-13H,7-11H2,1-6H3. The number of rotatable bonds is 10. The highest BCUT2D eigenvalue weighted by Crippen LogP contribution is 2.23. The smallest absolute Gasteiger partial charge is 0.374 e. The lowest BCUT2D eigenvalue weighted by molar-refractivity contribution is 0.0222. The van der Waals surface area contributed by atoms with Gasteiger partial charge in [-0.15, -0.1) is 0 Å². The maximum Gasteiger partial charge on any atom is 0.501 e. The molecule has 0 aliphatic rings. The molecule has 0 saturated carbocycles. The molecule has 0 radical (unpaired) electrons. The van der Waals surface area contributed by atoms with Crippen LogP contribution in [0.1, 0.15) is 54.4 Å². The third-order valence-electron chi connectivity index (χ3n) is 2.87. The lowest BCUT2D eigenvalue weighted by Gasteiger charge is -2.33. The first-order valence-corrected chi connectivity index (χ1v) is 8.90. The van der Waals surface area contributed by atoms with Crippen molar-refractivity contribution in [3.63, 3.8) is 0 Å². The van der Waals surface area contributed by atoms with E-state index in [2.05, 4.69) is 27.7 Å². The van der Waals surface area contributed by atoms with Gasteiger partial charge in [0.2, 0.25) is 0 Å². The van der Waals surface area contributed by atoms with Crippen LogP contribution in [0.5, 0.6) is 0 Å². The molecule has 0 aliphatic carbocycles. The molecule has 0 aliphatic heterocycles.